The number of thioether (sulfide) groups is 2. The number of alkyl halides is 3. The molecule has 1 aliphatic rings. The van der Waals surface area contributed by atoms with Gasteiger partial charge in [-0.2, -0.15) is 13.2 Å². The maximum absolute atomic E-state index is 12.9. The molecule has 0 saturated carbocycles. The van der Waals surface area contributed by atoms with Gasteiger partial charge >= 0.3 is 6.18 Å². The van der Waals surface area contributed by atoms with Crippen molar-refractivity contribution in [1.82, 2.24) is 0 Å². The van der Waals surface area contributed by atoms with Gasteiger partial charge in [0.25, 0.3) is 0 Å². The second-order valence-corrected chi connectivity index (χ2v) is 10.8. The first-order valence-corrected chi connectivity index (χ1v) is 12.4. The molecule has 32 heavy (non-hydrogen) atoms. The van der Waals surface area contributed by atoms with Crippen LogP contribution in [0.1, 0.15) is 50.3 Å². The second kappa shape index (κ2) is 10.1. The lowest BCUT2D eigenvalue weighted by Crippen LogP contribution is -2.24. The minimum atomic E-state index is -4.33. The molecule has 0 bridgehead atoms. The molecule has 2 aromatic carbocycles. The number of halogens is 3. The van der Waals surface area contributed by atoms with E-state index in [1.165, 1.54) is 10.5 Å². The molecule has 170 valence electrons. The fraction of sp³-hybridized carbons (Fsp3) is 0.320. The van der Waals surface area contributed by atoms with Crippen molar-refractivity contribution in [3.05, 3.63) is 81.8 Å². The van der Waals surface area contributed by atoms with Crippen molar-refractivity contribution in [2.24, 2.45) is 0 Å². The van der Waals surface area contributed by atoms with Crippen molar-refractivity contribution in [2.75, 3.05) is 5.75 Å². The van der Waals surface area contributed by atoms with Crippen LogP contribution in [0.5, 0.6) is 0 Å². The van der Waals surface area contributed by atoms with Gasteiger partial charge < -0.3 is 0 Å². The van der Waals surface area contributed by atoms with Crippen molar-refractivity contribution in [3.8, 4) is 0 Å². The Labute approximate surface area is 201 Å². The van der Waals surface area contributed by atoms with Gasteiger partial charge in [-0.15, -0.1) is 24.4 Å². The smallest absolute Gasteiger partial charge is 0.287 e. The fourth-order valence-corrected chi connectivity index (χ4v) is 5.62. The van der Waals surface area contributed by atoms with E-state index in [2.05, 4.69) is 25.6 Å². The van der Waals surface area contributed by atoms with Crippen LogP contribution < -0.4 is 0 Å². The number of hydrogen-bond acceptors (Lipinski definition) is 3. The molecule has 0 N–H and O–H groups in total. The minimum Gasteiger partial charge on any atom is -0.287 e. The lowest BCUT2D eigenvalue weighted by molar-refractivity contribution is -0.137. The average molecular weight is 495 g/mol. The highest BCUT2D eigenvalue weighted by molar-refractivity contribution is 8.13. The monoisotopic (exact) mass is 494 g/mol. The molecule has 0 unspecified atom stereocenters. The molecule has 1 aliphatic heterocycles. The van der Waals surface area contributed by atoms with Crippen LogP contribution in [-0.2, 0) is 16.4 Å². The van der Waals surface area contributed by atoms with Gasteiger partial charge in [0.15, 0.2) is 5.12 Å². The first-order chi connectivity index (χ1) is 15.0. The number of rotatable bonds is 6. The Bertz CT molecular complexity index is 1030. The fourth-order valence-electron chi connectivity index (χ4n) is 3.21. The molecule has 3 rings (SSSR count). The molecule has 0 atom stereocenters. The summed E-state index contributed by atoms with van der Waals surface area (Å²) >= 11 is 7.34. The third kappa shape index (κ3) is 6.06. The van der Waals surface area contributed by atoms with E-state index >= 15 is 0 Å². The maximum atomic E-state index is 12.9. The lowest BCUT2D eigenvalue weighted by Gasteiger charge is -2.21. The largest absolute Gasteiger partial charge is 0.416 e. The molecule has 0 fully saturated rings. The predicted octanol–water partition coefficient (Wildman–Crippen LogP) is 8.37. The van der Waals surface area contributed by atoms with E-state index in [4.69, 9.17) is 0 Å². The van der Waals surface area contributed by atoms with E-state index in [0.29, 0.717) is 0 Å². The van der Waals surface area contributed by atoms with Gasteiger partial charge in [0.2, 0.25) is 0 Å². The second-order valence-electron chi connectivity index (χ2n) is 8.23. The molecule has 1 nitrogen and oxygen atoms in total. The first kappa shape index (κ1) is 25.1. The molecule has 0 aliphatic carbocycles. The van der Waals surface area contributed by atoms with Crippen LogP contribution in [0.25, 0.3) is 4.91 Å². The normalized spacial score (nSPS) is 15.4. The summed E-state index contributed by atoms with van der Waals surface area (Å²) < 4.78 is 38.6. The molecule has 7 heteroatoms. The summed E-state index contributed by atoms with van der Waals surface area (Å²) in [6, 6.07) is 13.4. The highest BCUT2D eigenvalue weighted by atomic mass is 32.2. The molecular weight excluding hydrogens is 469 g/mol. The van der Waals surface area contributed by atoms with Crippen LogP contribution >= 0.6 is 36.2 Å². The van der Waals surface area contributed by atoms with Crippen LogP contribution in [0.15, 0.2) is 70.0 Å². The van der Waals surface area contributed by atoms with E-state index in [1.54, 1.807) is 35.7 Å². The van der Waals surface area contributed by atoms with Gasteiger partial charge in [0.05, 0.1) is 11.0 Å². The summed E-state index contributed by atoms with van der Waals surface area (Å²) in [7, 11) is 0. The summed E-state index contributed by atoms with van der Waals surface area (Å²) in [5, 5.41) is -0.170. The zero-order chi connectivity index (χ0) is 23.5. The topological polar surface area (TPSA) is 17.1 Å². The van der Waals surface area contributed by atoms with Crippen molar-refractivity contribution in [2.45, 2.75) is 50.1 Å². The van der Waals surface area contributed by atoms with E-state index in [-0.39, 0.29) is 5.12 Å². The Balaban J connectivity index is 1.70. The van der Waals surface area contributed by atoms with Crippen molar-refractivity contribution >= 4 is 46.2 Å². The summed E-state index contributed by atoms with van der Waals surface area (Å²) in [4.78, 5) is 15.1. The molecule has 0 amide bonds. The number of hydrogen-bond donors (Lipinski definition) is 1. The van der Waals surface area contributed by atoms with Gasteiger partial charge in [-0.05, 0) is 73.9 Å². The zero-order valence-electron chi connectivity index (χ0n) is 18.1. The molecule has 0 aromatic heterocycles. The zero-order valence-corrected chi connectivity index (χ0v) is 20.7. The summed E-state index contributed by atoms with van der Waals surface area (Å²) in [5.41, 5.74) is 1.77. The maximum Gasteiger partial charge on any atom is 0.416 e. The highest BCUT2D eigenvalue weighted by Gasteiger charge is 2.30. The van der Waals surface area contributed by atoms with Gasteiger partial charge in [-0.3, -0.25) is 4.79 Å². The van der Waals surface area contributed by atoms with Crippen LogP contribution in [-0.4, -0.2) is 10.9 Å². The average Bonchev–Trinajstić information content (AvgIpc) is 2.93. The molecule has 2 aromatic rings. The summed E-state index contributed by atoms with van der Waals surface area (Å²) in [6.07, 6.45) is -0.415. The number of allylic oxidation sites excluding steroid dienone is 2. The van der Waals surface area contributed by atoms with Crippen molar-refractivity contribution in [3.63, 3.8) is 0 Å². The Morgan fingerprint density at radius 2 is 1.62 bits per heavy atom. The minimum absolute atomic E-state index is 0.170. The third-order valence-electron chi connectivity index (χ3n) is 5.54. The highest BCUT2D eigenvalue weighted by Crippen LogP contribution is 2.42. The van der Waals surface area contributed by atoms with Crippen LogP contribution in [0.4, 0.5) is 13.2 Å². The number of carbonyl (C=O) groups excluding carboxylic acids is 1. The van der Waals surface area contributed by atoms with Crippen LogP contribution in [0.3, 0.4) is 0 Å². The molecule has 1 heterocycles. The predicted molar refractivity (Wildman–Crippen MR) is 133 cm³/mol. The quantitative estimate of drug-likeness (QED) is 0.321. The van der Waals surface area contributed by atoms with E-state index in [9.17, 15) is 18.0 Å². The lowest BCUT2D eigenvalue weighted by atomic mass is 9.86. The Morgan fingerprint density at radius 3 is 2.19 bits per heavy atom. The van der Waals surface area contributed by atoms with Gasteiger partial charge in [-0.1, -0.05) is 47.7 Å². The molecule has 0 spiro atoms. The Hall–Kier alpha value is -1.57. The van der Waals surface area contributed by atoms with Gasteiger partial charge in [-0.25, -0.2) is 0 Å². The molecule has 0 saturated heterocycles. The Kier molecular flexibility index (Phi) is 7.94. The number of benzene rings is 2. The van der Waals surface area contributed by atoms with Gasteiger partial charge in [0, 0.05) is 15.6 Å². The molecular formula is C25H25F3OS3. The first-order valence-electron chi connectivity index (χ1n) is 10.2. The van der Waals surface area contributed by atoms with Gasteiger partial charge in [0.1, 0.15) is 0 Å². The third-order valence-corrected chi connectivity index (χ3v) is 8.68. The molecule has 0 radical (unpaired) electrons. The van der Waals surface area contributed by atoms with E-state index < -0.39 is 17.2 Å². The standard InChI is InChI=1S/C25H25F3OS3/c1-16-5-4-6-21(17-7-9-19(10-8-17)25(26,27)28)32-22(16)15-31-20-13-11-18(12-14-20)24(2,3)23(29)30/h6-14H,4-5,15H2,1-3H3,(H,29,30). The SMILES string of the molecule is CC1=C(CSc2ccc(C(C)(C)C(=O)S)cc2)SC(c2ccc(C(F)(F)F)cc2)=CCC1. The van der Waals surface area contributed by atoms with Crippen LogP contribution in [0, 0.1) is 0 Å². The van der Waals surface area contributed by atoms with Crippen molar-refractivity contribution in [1.29, 1.82) is 0 Å². The number of carbonyl (C=O) groups is 1. The summed E-state index contributed by atoms with van der Waals surface area (Å²) in [6.45, 7) is 5.84. The summed E-state index contributed by atoms with van der Waals surface area (Å²) in [5.74, 6) is 0.780. The van der Waals surface area contributed by atoms with E-state index in [0.717, 1.165) is 51.7 Å². The Morgan fingerprint density at radius 1 is 1.03 bits per heavy atom. The number of thiol groups is 1. The van der Waals surface area contributed by atoms with Crippen molar-refractivity contribution < 1.29 is 18.0 Å². The van der Waals surface area contributed by atoms with E-state index in [1.807, 2.05) is 38.1 Å². The van der Waals surface area contributed by atoms with Crippen LogP contribution in [0.2, 0.25) is 0 Å².